The van der Waals surface area contributed by atoms with Gasteiger partial charge in [-0.15, -0.1) is 0 Å². The summed E-state index contributed by atoms with van der Waals surface area (Å²) < 4.78 is 4.40. The number of aliphatic hydroxyl groups is 1. The van der Waals surface area contributed by atoms with Crippen LogP contribution in [0.1, 0.15) is 13.3 Å². The van der Waals surface area contributed by atoms with Gasteiger partial charge in [-0.25, -0.2) is 0 Å². The van der Waals surface area contributed by atoms with Gasteiger partial charge in [-0.3, -0.25) is 14.9 Å². The lowest BCUT2D eigenvalue weighted by Crippen LogP contribution is -2.25. The first-order valence-electron chi connectivity index (χ1n) is 3.85. The minimum absolute atomic E-state index is 0.0493. The van der Waals surface area contributed by atoms with Gasteiger partial charge in [0.05, 0.1) is 13.0 Å². The summed E-state index contributed by atoms with van der Waals surface area (Å²) in [6.45, 7) is 1.01. The Balaban J connectivity index is 3.83. The number of ether oxygens (including phenoxy) is 1. The lowest BCUT2D eigenvalue weighted by atomic mass is 10.0. The molecule has 0 fully saturated rings. The molecule has 6 nitrogen and oxygen atoms in total. The van der Waals surface area contributed by atoms with E-state index < -0.39 is 29.5 Å². The molecule has 0 heterocycles. The van der Waals surface area contributed by atoms with Crippen molar-refractivity contribution < 1.29 is 19.6 Å². The molecule has 0 rings (SSSR count). The second-order valence-electron chi connectivity index (χ2n) is 2.83. The molecule has 0 bridgehead atoms. The van der Waals surface area contributed by atoms with Gasteiger partial charge < -0.3 is 9.84 Å². The molecule has 13 heavy (non-hydrogen) atoms. The van der Waals surface area contributed by atoms with E-state index in [4.69, 9.17) is 5.11 Å². The second kappa shape index (κ2) is 5.47. The van der Waals surface area contributed by atoms with Crippen LogP contribution in [0.2, 0.25) is 0 Å². The maximum absolute atomic E-state index is 10.8. The monoisotopic (exact) mass is 191 g/mol. The zero-order valence-electron chi connectivity index (χ0n) is 7.60. The molecule has 0 aliphatic rings. The Labute approximate surface area is 75.7 Å². The molecule has 1 N–H and O–H groups in total. The average molecular weight is 191 g/mol. The fourth-order valence-electron chi connectivity index (χ4n) is 0.952. The molecule has 0 radical (unpaired) electrons. The summed E-state index contributed by atoms with van der Waals surface area (Å²) in [6.07, 6.45) is -1.04. The molecule has 0 amide bonds. The van der Waals surface area contributed by atoms with Gasteiger partial charge in [0.2, 0.25) is 6.54 Å². The fourth-order valence-corrected chi connectivity index (χ4v) is 0.952. The first-order chi connectivity index (χ1) is 5.97. The van der Waals surface area contributed by atoms with E-state index in [1.54, 1.807) is 6.92 Å². The van der Waals surface area contributed by atoms with Gasteiger partial charge in [0.15, 0.2) is 0 Å². The van der Waals surface area contributed by atoms with Crippen LogP contribution < -0.4 is 0 Å². The number of aliphatic hydroxyl groups excluding tert-OH is 1. The Kier molecular flexibility index (Phi) is 4.98. The zero-order chi connectivity index (χ0) is 10.4. The SMILES string of the molecule is COC(=O)C(C)CC(O)C[N+](=O)[O-]. The van der Waals surface area contributed by atoms with Crippen molar-refractivity contribution >= 4 is 5.97 Å². The van der Waals surface area contributed by atoms with E-state index in [1.807, 2.05) is 0 Å². The number of rotatable bonds is 5. The van der Waals surface area contributed by atoms with Crippen molar-refractivity contribution in [1.82, 2.24) is 0 Å². The molecule has 0 aromatic heterocycles. The van der Waals surface area contributed by atoms with Crippen LogP contribution in [0.3, 0.4) is 0 Å². The van der Waals surface area contributed by atoms with Crippen molar-refractivity contribution in [1.29, 1.82) is 0 Å². The van der Waals surface area contributed by atoms with E-state index in [0.29, 0.717) is 0 Å². The summed E-state index contributed by atoms with van der Waals surface area (Å²) in [5, 5.41) is 19.0. The third kappa shape index (κ3) is 5.13. The summed E-state index contributed by atoms with van der Waals surface area (Å²) in [4.78, 5) is 20.2. The third-order valence-corrected chi connectivity index (χ3v) is 1.59. The molecule has 0 aromatic carbocycles. The Morgan fingerprint density at radius 1 is 1.69 bits per heavy atom. The molecule has 0 saturated carbocycles. The van der Waals surface area contributed by atoms with E-state index >= 15 is 0 Å². The Morgan fingerprint density at radius 3 is 2.62 bits per heavy atom. The van der Waals surface area contributed by atoms with E-state index in [9.17, 15) is 14.9 Å². The fraction of sp³-hybridized carbons (Fsp3) is 0.857. The maximum Gasteiger partial charge on any atom is 0.308 e. The van der Waals surface area contributed by atoms with Crippen LogP contribution in [-0.4, -0.2) is 35.8 Å². The van der Waals surface area contributed by atoms with Crippen LogP contribution in [0.5, 0.6) is 0 Å². The van der Waals surface area contributed by atoms with E-state index in [-0.39, 0.29) is 6.42 Å². The number of methoxy groups -OCH3 is 1. The average Bonchev–Trinajstić information content (AvgIpc) is 2.01. The van der Waals surface area contributed by atoms with Gasteiger partial charge in [0.1, 0.15) is 6.10 Å². The molecule has 6 heteroatoms. The van der Waals surface area contributed by atoms with Crippen molar-refractivity contribution in [2.24, 2.45) is 5.92 Å². The Morgan fingerprint density at radius 2 is 2.23 bits per heavy atom. The van der Waals surface area contributed by atoms with Crippen molar-refractivity contribution in [3.05, 3.63) is 10.1 Å². The van der Waals surface area contributed by atoms with Crippen LogP contribution in [-0.2, 0) is 9.53 Å². The molecular weight excluding hydrogens is 178 g/mol. The highest BCUT2D eigenvalue weighted by atomic mass is 16.6. The number of hydrogen-bond donors (Lipinski definition) is 1. The van der Waals surface area contributed by atoms with Gasteiger partial charge in [-0.2, -0.15) is 0 Å². The topological polar surface area (TPSA) is 89.7 Å². The van der Waals surface area contributed by atoms with Crippen LogP contribution in [0.25, 0.3) is 0 Å². The summed E-state index contributed by atoms with van der Waals surface area (Å²) in [7, 11) is 1.23. The second-order valence-corrected chi connectivity index (χ2v) is 2.83. The van der Waals surface area contributed by atoms with Crippen LogP contribution >= 0.6 is 0 Å². The van der Waals surface area contributed by atoms with Gasteiger partial charge in [-0.05, 0) is 6.42 Å². The molecule has 0 saturated heterocycles. The first-order valence-corrected chi connectivity index (χ1v) is 3.85. The zero-order valence-corrected chi connectivity index (χ0v) is 7.60. The highest BCUT2D eigenvalue weighted by Crippen LogP contribution is 2.07. The van der Waals surface area contributed by atoms with Gasteiger partial charge in [0, 0.05) is 4.92 Å². The van der Waals surface area contributed by atoms with Crippen LogP contribution in [0.4, 0.5) is 0 Å². The molecule has 76 valence electrons. The van der Waals surface area contributed by atoms with Gasteiger partial charge >= 0.3 is 5.97 Å². The van der Waals surface area contributed by atoms with Crippen LogP contribution in [0.15, 0.2) is 0 Å². The Hall–Kier alpha value is -1.17. The molecular formula is C7H13NO5. The summed E-state index contributed by atoms with van der Waals surface area (Å²) >= 11 is 0. The normalized spacial score (nSPS) is 14.7. The maximum atomic E-state index is 10.8. The molecule has 0 aromatic rings. The van der Waals surface area contributed by atoms with E-state index in [1.165, 1.54) is 7.11 Å². The lowest BCUT2D eigenvalue weighted by Gasteiger charge is -2.10. The minimum atomic E-state index is -1.09. The van der Waals surface area contributed by atoms with Crippen molar-refractivity contribution in [3.63, 3.8) is 0 Å². The smallest absolute Gasteiger partial charge is 0.308 e. The third-order valence-electron chi connectivity index (χ3n) is 1.59. The van der Waals surface area contributed by atoms with Crippen molar-refractivity contribution in [2.75, 3.05) is 13.7 Å². The Bertz CT molecular complexity index is 193. The molecule has 0 aliphatic carbocycles. The quantitative estimate of drug-likeness (QED) is 0.370. The van der Waals surface area contributed by atoms with Crippen molar-refractivity contribution in [3.8, 4) is 0 Å². The largest absolute Gasteiger partial charge is 0.469 e. The summed E-state index contributed by atoms with van der Waals surface area (Å²) in [5.74, 6) is -0.984. The molecule has 0 spiro atoms. The predicted molar refractivity (Wildman–Crippen MR) is 43.7 cm³/mol. The number of hydrogen-bond acceptors (Lipinski definition) is 5. The lowest BCUT2D eigenvalue weighted by molar-refractivity contribution is -0.490. The number of carbonyl (C=O) groups is 1. The molecule has 2 unspecified atom stereocenters. The standard InChI is InChI=1S/C7H13NO5/c1-5(7(10)13-2)3-6(9)4-8(11)12/h5-6,9H,3-4H2,1-2H3. The molecule has 2 atom stereocenters. The summed E-state index contributed by atoms with van der Waals surface area (Å²) in [5.41, 5.74) is 0. The first kappa shape index (κ1) is 11.8. The van der Waals surface area contributed by atoms with Gasteiger partial charge in [-0.1, -0.05) is 6.92 Å². The van der Waals surface area contributed by atoms with E-state index in [2.05, 4.69) is 4.74 Å². The van der Waals surface area contributed by atoms with Crippen LogP contribution in [0, 0.1) is 16.0 Å². The highest BCUT2D eigenvalue weighted by molar-refractivity contribution is 5.71. The minimum Gasteiger partial charge on any atom is -0.469 e. The van der Waals surface area contributed by atoms with Crippen molar-refractivity contribution in [2.45, 2.75) is 19.4 Å². The molecule has 0 aliphatic heterocycles. The van der Waals surface area contributed by atoms with Gasteiger partial charge in [0.25, 0.3) is 0 Å². The number of esters is 1. The number of nitrogens with zero attached hydrogens (tertiary/aromatic N) is 1. The number of carbonyl (C=O) groups excluding carboxylic acids is 1. The van der Waals surface area contributed by atoms with E-state index in [0.717, 1.165) is 0 Å². The number of nitro groups is 1. The predicted octanol–water partition coefficient (Wildman–Crippen LogP) is -0.177. The summed E-state index contributed by atoms with van der Waals surface area (Å²) in [6, 6.07) is 0. The highest BCUT2D eigenvalue weighted by Gasteiger charge is 2.20.